The van der Waals surface area contributed by atoms with Crippen molar-refractivity contribution < 1.29 is 0 Å². The van der Waals surface area contributed by atoms with Gasteiger partial charge in [-0.05, 0) is 26.1 Å². The van der Waals surface area contributed by atoms with Crippen molar-refractivity contribution in [1.29, 1.82) is 0 Å². The minimum atomic E-state index is 0.763. The number of rotatable bonds is 4. The van der Waals surface area contributed by atoms with Crippen molar-refractivity contribution in [3.8, 4) is 0 Å². The molecule has 0 saturated heterocycles. The van der Waals surface area contributed by atoms with Crippen LogP contribution >= 0.6 is 0 Å². The molecular weight excluding hydrogens is 152 g/mol. The maximum absolute atomic E-state index is 4.01. The Hall–Kier alpha value is -1.16. The van der Waals surface area contributed by atoms with Gasteiger partial charge >= 0.3 is 0 Å². The van der Waals surface area contributed by atoms with E-state index in [1.165, 1.54) is 0 Å². The van der Waals surface area contributed by atoms with Gasteiger partial charge in [0.05, 0.1) is 5.69 Å². The Balaban J connectivity index is 2.58. The van der Waals surface area contributed by atoms with Crippen LogP contribution in [0.1, 0.15) is 12.6 Å². The molecule has 66 valence electrons. The molecule has 0 atom stereocenters. The first-order valence-corrected chi connectivity index (χ1v) is 4.08. The van der Waals surface area contributed by atoms with Crippen LogP contribution in [0, 0.1) is 0 Å². The van der Waals surface area contributed by atoms with Crippen molar-refractivity contribution in [3.63, 3.8) is 0 Å². The molecule has 0 unspecified atom stereocenters. The summed E-state index contributed by atoms with van der Waals surface area (Å²) in [7, 11) is 1.89. The highest BCUT2D eigenvalue weighted by molar-refractivity contribution is 5.32. The van der Waals surface area contributed by atoms with E-state index in [9.17, 15) is 0 Å². The van der Waals surface area contributed by atoms with E-state index in [2.05, 4.69) is 20.8 Å². The molecule has 2 N–H and O–H groups in total. The average Bonchev–Trinajstić information content (AvgIpc) is 2.09. The Kier molecular flexibility index (Phi) is 3.47. The molecule has 0 radical (unpaired) electrons. The molecule has 0 fully saturated rings. The summed E-state index contributed by atoms with van der Waals surface area (Å²) in [5.74, 6) is 0.831. The molecule has 1 aromatic rings. The highest BCUT2D eigenvalue weighted by Crippen LogP contribution is 2.00. The standard InChI is InChI=1S/C8H14N4/c1-3-10-8-5-4-7(6-9-2)11-12-8/h4-5,9H,3,6H2,1-2H3,(H,10,12). The topological polar surface area (TPSA) is 49.8 Å². The minimum Gasteiger partial charge on any atom is -0.369 e. The van der Waals surface area contributed by atoms with Crippen LogP contribution in [0.4, 0.5) is 5.82 Å². The summed E-state index contributed by atoms with van der Waals surface area (Å²) in [6.45, 7) is 3.67. The molecule has 0 aliphatic rings. The van der Waals surface area contributed by atoms with Crippen LogP contribution in [0.3, 0.4) is 0 Å². The SMILES string of the molecule is CCNc1ccc(CNC)nn1. The fourth-order valence-corrected chi connectivity index (χ4v) is 0.911. The summed E-state index contributed by atoms with van der Waals surface area (Å²) >= 11 is 0. The van der Waals surface area contributed by atoms with Gasteiger partial charge < -0.3 is 10.6 Å². The molecule has 1 aromatic heterocycles. The third kappa shape index (κ3) is 2.47. The van der Waals surface area contributed by atoms with Gasteiger partial charge in [0.2, 0.25) is 0 Å². The highest BCUT2D eigenvalue weighted by Gasteiger charge is 1.94. The number of nitrogens with one attached hydrogen (secondary N) is 2. The van der Waals surface area contributed by atoms with Crippen LogP contribution in [0.5, 0.6) is 0 Å². The zero-order chi connectivity index (χ0) is 8.81. The van der Waals surface area contributed by atoms with Gasteiger partial charge in [-0.15, -0.1) is 5.10 Å². The third-order valence-electron chi connectivity index (χ3n) is 1.44. The molecule has 0 aliphatic carbocycles. The largest absolute Gasteiger partial charge is 0.369 e. The van der Waals surface area contributed by atoms with Gasteiger partial charge in [0.15, 0.2) is 0 Å². The number of hydrogen-bond acceptors (Lipinski definition) is 4. The molecule has 0 saturated carbocycles. The minimum absolute atomic E-state index is 0.763. The number of hydrogen-bond donors (Lipinski definition) is 2. The molecule has 12 heavy (non-hydrogen) atoms. The van der Waals surface area contributed by atoms with Crippen molar-refractivity contribution in [2.45, 2.75) is 13.5 Å². The Bertz CT molecular complexity index is 194. The third-order valence-corrected chi connectivity index (χ3v) is 1.44. The molecule has 0 spiro atoms. The Labute approximate surface area is 72.4 Å². The van der Waals surface area contributed by atoms with Gasteiger partial charge in [-0.25, -0.2) is 0 Å². The zero-order valence-electron chi connectivity index (χ0n) is 7.46. The highest BCUT2D eigenvalue weighted by atomic mass is 15.2. The smallest absolute Gasteiger partial charge is 0.148 e. The monoisotopic (exact) mass is 166 g/mol. The molecule has 0 bridgehead atoms. The maximum Gasteiger partial charge on any atom is 0.148 e. The second kappa shape index (κ2) is 4.66. The number of anilines is 1. The van der Waals surface area contributed by atoms with Gasteiger partial charge in [0, 0.05) is 13.1 Å². The van der Waals surface area contributed by atoms with Gasteiger partial charge in [-0.2, -0.15) is 5.10 Å². The van der Waals surface area contributed by atoms with Crippen LogP contribution in [0.15, 0.2) is 12.1 Å². The van der Waals surface area contributed by atoms with E-state index in [0.29, 0.717) is 0 Å². The van der Waals surface area contributed by atoms with E-state index >= 15 is 0 Å². The lowest BCUT2D eigenvalue weighted by Crippen LogP contribution is -2.08. The molecule has 0 aromatic carbocycles. The number of nitrogens with zero attached hydrogens (tertiary/aromatic N) is 2. The van der Waals surface area contributed by atoms with E-state index < -0.39 is 0 Å². The van der Waals surface area contributed by atoms with Gasteiger partial charge in [-0.1, -0.05) is 0 Å². The zero-order valence-corrected chi connectivity index (χ0v) is 7.46. The maximum atomic E-state index is 4.01. The van der Waals surface area contributed by atoms with E-state index in [1.54, 1.807) is 0 Å². The Morgan fingerprint density at radius 1 is 1.33 bits per heavy atom. The van der Waals surface area contributed by atoms with Crippen molar-refractivity contribution in [3.05, 3.63) is 17.8 Å². The average molecular weight is 166 g/mol. The second-order valence-electron chi connectivity index (χ2n) is 2.47. The molecule has 0 amide bonds. The van der Waals surface area contributed by atoms with Gasteiger partial charge in [-0.3, -0.25) is 0 Å². The Morgan fingerprint density at radius 3 is 2.67 bits per heavy atom. The first kappa shape index (κ1) is 8.93. The summed E-state index contributed by atoms with van der Waals surface area (Å²) in [6, 6.07) is 3.89. The van der Waals surface area contributed by atoms with Crippen LogP contribution in [-0.2, 0) is 6.54 Å². The molecular formula is C8H14N4. The lowest BCUT2D eigenvalue weighted by atomic mass is 10.4. The van der Waals surface area contributed by atoms with E-state index in [4.69, 9.17) is 0 Å². The fourth-order valence-electron chi connectivity index (χ4n) is 0.911. The van der Waals surface area contributed by atoms with Gasteiger partial charge in [0.25, 0.3) is 0 Å². The second-order valence-corrected chi connectivity index (χ2v) is 2.47. The molecule has 4 heteroatoms. The molecule has 0 aliphatic heterocycles. The summed E-state index contributed by atoms with van der Waals surface area (Å²) in [6.07, 6.45) is 0. The molecule has 4 nitrogen and oxygen atoms in total. The molecule has 1 rings (SSSR count). The first-order valence-electron chi connectivity index (χ1n) is 4.08. The van der Waals surface area contributed by atoms with Crippen molar-refractivity contribution in [2.24, 2.45) is 0 Å². The van der Waals surface area contributed by atoms with Crippen molar-refractivity contribution in [1.82, 2.24) is 15.5 Å². The quantitative estimate of drug-likeness (QED) is 0.688. The summed E-state index contributed by atoms with van der Waals surface area (Å²) < 4.78 is 0. The predicted molar refractivity (Wildman–Crippen MR) is 49.0 cm³/mol. The van der Waals surface area contributed by atoms with E-state index in [-0.39, 0.29) is 0 Å². The van der Waals surface area contributed by atoms with Gasteiger partial charge in [0.1, 0.15) is 5.82 Å². The van der Waals surface area contributed by atoms with E-state index in [0.717, 1.165) is 24.6 Å². The van der Waals surface area contributed by atoms with Crippen LogP contribution < -0.4 is 10.6 Å². The Morgan fingerprint density at radius 2 is 2.17 bits per heavy atom. The van der Waals surface area contributed by atoms with Crippen molar-refractivity contribution in [2.75, 3.05) is 18.9 Å². The normalized spacial score (nSPS) is 9.83. The summed E-state index contributed by atoms with van der Waals surface area (Å²) in [5, 5.41) is 14.1. The van der Waals surface area contributed by atoms with Crippen LogP contribution in [-0.4, -0.2) is 23.8 Å². The predicted octanol–water partition coefficient (Wildman–Crippen LogP) is 0.628. The van der Waals surface area contributed by atoms with Crippen LogP contribution in [0.2, 0.25) is 0 Å². The summed E-state index contributed by atoms with van der Waals surface area (Å²) in [5.41, 5.74) is 0.958. The fraction of sp³-hybridized carbons (Fsp3) is 0.500. The van der Waals surface area contributed by atoms with Crippen molar-refractivity contribution >= 4 is 5.82 Å². The lowest BCUT2D eigenvalue weighted by Gasteiger charge is -2.01. The summed E-state index contributed by atoms with van der Waals surface area (Å²) in [4.78, 5) is 0. The van der Waals surface area contributed by atoms with Crippen LogP contribution in [0.25, 0.3) is 0 Å². The first-order chi connectivity index (χ1) is 5.86. The lowest BCUT2D eigenvalue weighted by molar-refractivity contribution is 0.768. The number of aromatic nitrogens is 2. The van der Waals surface area contributed by atoms with E-state index in [1.807, 2.05) is 26.1 Å². The molecule has 1 heterocycles.